The maximum Gasteiger partial charge on any atom is 0.0303 e. The summed E-state index contributed by atoms with van der Waals surface area (Å²) >= 11 is 0. The second-order valence-corrected chi connectivity index (χ2v) is 6.91. The molecule has 0 aromatic carbocycles. The van der Waals surface area contributed by atoms with Gasteiger partial charge in [0.2, 0.25) is 0 Å². The summed E-state index contributed by atoms with van der Waals surface area (Å²) in [5, 5.41) is 3.81. The van der Waals surface area contributed by atoms with Gasteiger partial charge in [-0.15, -0.1) is 0 Å². The fourth-order valence-electron chi connectivity index (χ4n) is 3.26. The fraction of sp³-hybridized carbons (Fsp3) is 1.00. The van der Waals surface area contributed by atoms with Crippen LogP contribution in [0.1, 0.15) is 73.1 Å². The van der Waals surface area contributed by atoms with Gasteiger partial charge >= 0.3 is 0 Å². The summed E-state index contributed by atoms with van der Waals surface area (Å²) in [6, 6.07) is 0.746. The lowest BCUT2D eigenvalue weighted by molar-refractivity contribution is 0.148. The van der Waals surface area contributed by atoms with Gasteiger partial charge in [0.05, 0.1) is 0 Å². The van der Waals surface area contributed by atoms with Crippen molar-refractivity contribution in [1.29, 1.82) is 0 Å². The molecular weight excluding hydrogens is 232 g/mol. The van der Waals surface area contributed by atoms with Crippen LogP contribution in [0.25, 0.3) is 0 Å². The van der Waals surface area contributed by atoms with Crippen LogP contribution < -0.4 is 5.32 Å². The Hall–Kier alpha value is -0.0800. The summed E-state index contributed by atoms with van der Waals surface area (Å²) < 4.78 is 0. The van der Waals surface area contributed by atoms with Crippen LogP contribution in [0, 0.1) is 5.92 Å². The average molecular weight is 268 g/mol. The third-order valence-electron chi connectivity index (χ3n) is 5.01. The van der Waals surface area contributed by atoms with E-state index >= 15 is 0 Å². The number of hydrogen-bond acceptors (Lipinski definition) is 2. The minimum absolute atomic E-state index is 0.364. The van der Waals surface area contributed by atoms with Crippen LogP contribution in [-0.2, 0) is 0 Å². The summed E-state index contributed by atoms with van der Waals surface area (Å²) in [5.41, 5.74) is 0.364. The molecule has 2 nitrogen and oxygen atoms in total. The first-order valence-electron chi connectivity index (χ1n) is 8.52. The molecule has 1 N–H and O–H groups in total. The van der Waals surface area contributed by atoms with Crippen LogP contribution in [0.15, 0.2) is 0 Å². The smallest absolute Gasteiger partial charge is 0.0303 e. The first-order chi connectivity index (χ1) is 9.03. The van der Waals surface area contributed by atoms with Gasteiger partial charge in [-0.25, -0.2) is 0 Å². The number of nitrogens with one attached hydrogen (secondary N) is 1. The highest BCUT2D eigenvalue weighted by atomic mass is 15.2. The van der Waals surface area contributed by atoms with E-state index in [1.54, 1.807) is 0 Å². The van der Waals surface area contributed by atoms with Gasteiger partial charge in [0.25, 0.3) is 0 Å². The Morgan fingerprint density at radius 2 is 1.79 bits per heavy atom. The molecule has 1 atom stereocenters. The highest BCUT2D eigenvalue weighted by Gasteiger charge is 2.31. The molecule has 0 amide bonds. The van der Waals surface area contributed by atoms with Crippen LogP contribution in [0.5, 0.6) is 0 Å². The molecule has 0 bridgehead atoms. The molecule has 1 saturated heterocycles. The van der Waals surface area contributed by atoms with Gasteiger partial charge in [0, 0.05) is 18.1 Å². The van der Waals surface area contributed by atoms with Gasteiger partial charge in [-0.1, -0.05) is 40.5 Å². The summed E-state index contributed by atoms with van der Waals surface area (Å²) in [6.07, 6.45) is 7.92. The molecule has 0 aromatic heterocycles. The zero-order chi connectivity index (χ0) is 14.3. The van der Waals surface area contributed by atoms with E-state index in [0.717, 1.165) is 12.0 Å². The van der Waals surface area contributed by atoms with E-state index in [9.17, 15) is 0 Å². The zero-order valence-electron chi connectivity index (χ0n) is 14.0. The van der Waals surface area contributed by atoms with Crippen molar-refractivity contribution in [3.63, 3.8) is 0 Å². The first kappa shape index (κ1) is 17.0. The van der Waals surface area contributed by atoms with Gasteiger partial charge in [-0.2, -0.15) is 0 Å². The van der Waals surface area contributed by atoms with E-state index in [-0.39, 0.29) is 0 Å². The van der Waals surface area contributed by atoms with Crippen LogP contribution >= 0.6 is 0 Å². The maximum atomic E-state index is 3.81. The molecule has 0 saturated carbocycles. The molecule has 0 aliphatic carbocycles. The standard InChI is InChI=1S/C17H36N2/c1-6-17(7-2)14-19(13-9-12-18-17)16(5)11-8-10-15(3)4/h15-16,18H,6-14H2,1-5H3. The molecule has 1 rings (SSSR count). The Balaban J connectivity index is 2.50. The molecule has 1 fully saturated rings. The number of rotatable bonds is 7. The fourth-order valence-corrected chi connectivity index (χ4v) is 3.26. The molecule has 0 aromatic rings. The van der Waals surface area contributed by atoms with Crippen LogP contribution in [0.2, 0.25) is 0 Å². The minimum Gasteiger partial charge on any atom is -0.310 e. The predicted octanol–water partition coefficient (Wildman–Crippen LogP) is 4.06. The number of hydrogen-bond donors (Lipinski definition) is 1. The predicted molar refractivity (Wildman–Crippen MR) is 85.7 cm³/mol. The van der Waals surface area contributed by atoms with E-state index in [1.165, 1.54) is 58.2 Å². The molecule has 1 unspecified atom stereocenters. The van der Waals surface area contributed by atoms with Crippen molar-refractivity contribution in [2.75, 3.05) is 19.6 Å². The van der Waals surface area contributed by atoms with Gasteiger partial charge < -0.3 is 5.32 Å². The molecule has 0 radical (unpaired) electrons. The van der Waals surface area contributed by atoms with Crippen molar-refractivity contribution in [3.05, 3.63) is 0 Å². The summed E-state index contributed by atoms with van der Waals surface area (Å²) in [4.78, 5) is 2.74. The summed E-state index contributed by atoms with van der Waals surface area (Å²) in [6.45, 7) is 15.5. The van der Waals surface area contributed by atoms with Crippen LogP contribution in [-0.4, -0.2) is 36.1 Å². The number of nitrogens with zero attached hydrogens (tertiary/aromatic N) is 1. The van der Waals surface area contributed by atoms with Crippen LogP contribution in [0.3, 0.4) is 0 Å². The molecule has 2 heteroatoms. The summed E-state index contributed by atoms with van der Waals surface area (Å²) in [7, 11) is 0. The first-order valence-corrected chi connectivity index (χ1v) is 8.52. The molecule has 1 aliphatic heterocycles. The molecular formula is C17H36N2. The largest absolute Gasteiger partial charge is 0.310 e. The van der Waals surface area contributed by atoms with Crippen molar-refractivity contribution in [1.82, 2.24) is 10.2 Å². The Kier molecular flexibility index (Phi) is 7.38. The van der Waals surface area contributed by atoms with E-state index in [2.05, 4.69) is 44.8 Å². The van der Waals surface area contributed by atoms with Gasteiger partial charge in [0.1, 0.15) is 0 Å². The Labute approximate surface area is 121 Å². The maximum absolute atomic E-state index is 3.81. The highest BCUT2D eigenvalue weighted by Crippen LogP contribution is 2.22. The van der Waals surface area contributed by atoms with Gasteiger partial charge in [-0.3, -0.25) is 4.90 Å². The molecule has 114 valence electrons. The highest BCUT2D eigenvalue weighted by molar-refractivity contribution is 4.92. The van der Waals surface area contributed by atoms with Crippen molar-refractivity contribution >= 4 is 0 Å². The molecule has 0 spiro atoms. The summed E-state index contributed by atoms with van der Waals surface area (Å²) in [5.74, 6) is 0.850. The quantitative estimate of drug-likeness (QED) is 0.749. The monoisotopic (exact) mass is 268 g/mol. The van der Waals surface area contributed by atoms with E-state index in [4.69, 9.17) is 0 Å². The average Bonchev–Trinajstić information content (AvgIpc) is 2.61. The van der Waals surface area contributed by atoms with Crippen LogP contribution in [0.4, 0.5) is 0 Å². The lowest BCUT2D eigenvalue weighted by atomic mass is 9.91. The Bertz CT molecular complexity index is 233. The van der Waals surface area contributed by atoms with E-state index in [1.807, 2.05) is 0 Å². The topological polar surface area (TPSA) is 15.3 Å². The van der Waals surface area contributed by atoms with Gasteiger partial charge in [0.15, 0.2) is 0 Å². The second-order valence-electron chi connectivity index (χ2n) is 6.91. The Morgan fingerprint density at radius 3 is 2.37 bits per heavy atom. The lowest BCUT2D eigenvalue weighted by Crippen LogP contribution is -2.52. The Morgan fingerprint density at radius 1 is 1.11 bits per heavy atom. The van der Waals surface area contributed by atoms with Crippen molar-refractivity contribution < 1.29 is 0 Å². The normalized spacial score (nSPS) is 22.4. The minimum atomic E-state index is 0.364. The molecule has 19 heavy (non-hydrogen) atoms. The zero-order valence-corrected chi connectivity index (χ0v) is 14.0. The van der Waals surface area contributed by atoms with Crippen molar-refractivity contribution in [2.45, 2.75) is 84.7 Å². The third-order valence-corrected chi connectivity index (χ3v) is 5.01. The lowest BCUT2D eigenvalue weighted by Gasteiger charge is -2.38. The van der Waals surface area contributed by atoms with E-state index in [0.29, 0.717) is 5.54 Å². The molecule has 1 heterocycles. The third kappa shape index (κ3) is 5.43. The van der Waals surface area contributed by atoms with E-state index < -0.39 is 0 Å². The van der Waals surface area contributed by atoms with Crippen molar-refractivity contribution in [2.24, 2.45) is 5.92 Å². The van der Waals surface area contributed by atoms with Gasteiger partial charge in [-0.05, 0) is 51.6 Å². The molecule has 1 aliphatic rings. The SMILES string of the molecule is CCC1(CC)CN(C(C)CCCC(C)C)CCCN1. The van der Waals surface area contributed by atoms with Crippen molar-refractivity contribution in [3.8, 4) is 0 Å². The second kappa shape index (κ2) is 8.26.